The normalized spacial score (nSPS) is 15.3. The van der Waals surface area contributed by atoms with E-state index in [1.165, 1.54) is 7.11 Å². The molecule has 2 N–H and O–H groups in total. The van der Waals surface area contributed by atoms with Crippen LogP contribution >= 0.6 is 0 Å². The van der Waals surface area contributed by atoms with Crippen molar-refractivity contribution >= 4 is 11.8 Å². The summed E-state index contributed by atoms with van der Waals surface area (Å²) in [6.07, 6.45) is 0.400. The highest BCUT2D eigenvalue weighted by atomic mass is 16.5. The van der Waals surface area contributed by atoms with E-state index >= 15 is 0 Å². The average molecular weight is 368 g/mol. The molecule has 0 spiro atoms. The SMILES string of the molecule is COCC(CO)NC(=O)C(Cc1ccccc1)N1Cc2ccccc2C1=O. The monoisotopic (exact) mass is 368 g/mol. The summed E-state index contributed by atoms with van der Waals surface area (Å²) < 4.78 is 5.04. The number of fused-ring (bicyclic) bond motifs is 1. The number of carbonyl (C=O) groups is 2. The second kappa shape index (κ2) is 8.79. The summed E-state index contributed by atoms with van der Waals surface area (Å²) in [5.74, 6) is -0.440. The number of aliphatic hydroxyl groups excluding tert-OH is 1. The maximum absolute atomic E-state index is 13.0. The average Bonchev–Trinajstić information content (AvgIpc) is 3.03. The van der Waals surface area contributed by atoms with Crippen LogP contribution in [0, 0.1) is 0 Å². The van der Waals surface area contributed by atoms with Crippen molar-refractivity contribution in [2.75, 3.05) is 20.3 Å². The lowest BCUT2D eigenvalue weighted by atomic mass is 10.0. The zero-order valence-electron chi connectivity index (χ0n) is 15.3. The fourth-order valence-electron chi connectivity index (χ4n) is 3.35. The molecule has 6 heteroatoms. The highest BCUT2D eigenvalue weighted by Gasteiger charge is 2.36. The van der Waals surface area contributed by atoms with E-state index < -0.39 is 12.1 Å². The van der Waals surface area contributed by atoms with Gasteiger partial charge in [0.1, 0.15) is 6.04 Å². The van der Waals surface area contributed by atoms with Crippen molar-refractivity contribution in [2.24, 2.45) is 0 Å². The van der Waals surface area contributed by atoms with Crippen LogP contribution < -0.4 is 5.32 Å². The van der Waals surface area contributed by atoms with Crippen LogP contribution in [0.2, 0.25) is 0 Å². The molecule has 0 saturated carbocycles. The van der Waals surface area contributed by atoms with Gasteiger partial charge in [-0.25, -0.2) is 0 Å². The summed E-state index contributed by atoms with van der Waals surface area (Å²) in [4.78, 5) is 27.5. The maximum Gasteiger partial charge on any atom is 0.255 e. The van der Waals surface area contributed by atoms with Crippen LogP contribution in [0.25, 0.3) is 0 Å². The number of benzene rings is 2. The molecule has 3 rings (SSSR count). The zero-order valence-corrected chi connectivity index (χ0v) is 15.3. The molecule has 0 saturated heterocycles. The van der Waals surface area contributed by atoms with E-state index in [2.05, 4.69) is 5.32 Å². The quantitative estimate of drug-likeness (QED) is 0.738. The van der Waals surface area contributed by atoms with Gasteiger partial charge in [0.05, 0.1) is 19.3 Å². The van der Waals surface area contributed by atoms with E-state index in [4.69, 9.17) is 4.74 Å². The molecule has 1 heterocycles. The summed E-state index contributed by atoms with van der Waals surface area (Å²) >= 11 is 0. The first-order chi connectivity index (χ1) is 13.1. The molecule has 0 fully saturated rings. The third-order valence-corrected chi connectivity index (χ3v) is 4.73. The van der Waals surface area contributed by atoms with Crippen molar-refractivity contribution in [3.05, 3.63) is 71.3 Å². The summed E-state index contributed by atoms with van der Waals surface area (Å²) in [5, 5.41) is 12.3. The van der Waals surface area contributed by atoms with Crippen LogP contribution in [0.15, 0.2) is 54.6 Å². The van der Waals surface area contributed by atoms with E-state index in [0.717, 1.165) is 11.1 Å². The number of hydrogen-bond acceptors (Lipinski definition) is 4. The molecule has 2 amide bonds. The van der Waals surface area contributed by atoms with Crippen LogP contribution in [0.1, 0.15) is 21.5 Å². The number of nitrogens with zero attached hydrogens (tertiary/aromatic N) is 1. The molecule has 2 atom stereocenters. The largest absolute Gasteiger partial charge is 0.394 e. The van der Waals surface area contributed by atoms with E-state index in [-0.39, 0.29) is 25.0 Å². The minimum absolute atomic E-state index is 0.144. The number of nitrogens with one attached hydrogen (secondary N) is 1. The zero-order chi connectivity index (χ0) is 19.2. The topological polar surface area (TPSA) is 78.9 Å². The minimum Gasteiger partial charge on any atom is -0.394 e. The predicted octanol–water partition coefficient (Wildman–Crippen LogP) is 1.38. The molecule has 0 radical (unpaired) electrons. The first kappa shape index (κ1) is 19.1. The molecular formula is C21H24N2O4. The van der Waals surface area contributed by atoms with Gasteiger partial charge < -0.3 is 20.1 Å². The Balaban J connectivity index is 1.84. The number of aliphatic hydroxyl groups is 1. The van der Waals surface area contributed by atoms with Crippen LogP contribution in [0.3, 0.4) is 0 Å². The molecular weight excluding hydrogens is 344 g/mol. The van der Waals surface area contributed by atoms with Crippen LogP contribution in [-0.2, 0) is 22.5 Å². The van der Waals surface area contributed by atoms with Crippen LogP contribution in [0.4, 0.5) is 0 Å². The van der Waals surface area contributed by atoms with Gasteiger partial charge in [-0.1, -0.05) is 48.5 Å². The Labute approximate surface area is 158 Å². The Hall–Kier alpha value is -2.70. The Kier molecular flexibility index (Phi) is 6.21. The van der Waals surface area contributed by atoms with Gasteiger partial charge >= 0.3 is 0 Å². The smallest absolute Gasteiger partial charge is 0.255 e. The van der Waals surface area contributed by atoms with Crippen molar-refractivity contribution < 1.29 is 19.4 Å². The minimum atomic E-state index is -0.668. The Morgan fingerprint density at radius 1 is 1.19 bits per heavy atom. The van der Waals surface area contributed by atoms with E-state index in [1.807, 2.05) is 48.5 Å². The molecule has 1 aliphatic rings. The molecule has 142 valence electrons. The lowest BCUT2D eigenvalue weighted by Crippen LogP contribution is -2.52. The van der Waals surface area contributed by atoms with Gasteiger partial charge in [-0.2, -0.15) is 0 Å². The van der Waals surface area contributed by atoms with Gasteiger partial charge in [0.2, 0.25) is 5.91 Å². The van der Waals surface area contributed by atoms with Gasteiger partial charge in [-0.15, -0.1) is 0 Å². The van der Waals surface area contributed by atoms with Gasteiger partial charge in [0.25, 0.3) is 5.91 Å². The first-order valence-corrected chi connectivity index (χ1v) is 8.97. The fraction of sp³-hybridized carbons (Fsp3) is 0.333. The third-order valence-electron chi connectivity index (χ3n) is 4.73. The van der Waals surface area contributed by atoms with Gasteiger partial charge in [-0.3, -0.25) is 9.59 Å². The molecule has 0 aliphatic carbocycles. The van der Waals surface area contributed by atoms with Crippen molar-refractivity contribution in [1.82, 2.24) is 10.2 Å². The lowest BCUT2D eigenvalue weighted by molar-refractivity contribution is -0.127. The van der Waals surface area contributed by atoms with Gasteiger partial charge in [-0.05, 0) is 17.2 Å². The molecule has 2 aromatic carbocycles. The Bertz CT molecular complexity index is 794. The van der Waals surface area contributed by atoms with Crippen LogP contribution in [0.5, 0.6) is 0 Å². The van der Waals surface area contributed by atoms with Gasteiger partial charge in [0.15, 0.2) is 0 Å². The molecule has 6 nitrogen and oxygen atoms in total. The number of ether oxygens (including phenoxy) is 1. The van der Waals surface area contributed by atoms with Crippen molar-refractivity contribution in [2.45, 2.75) is 25.0 Å². The molecule has 2 aromatic rings. The number of methoxy groups -OCH3 is 1. The van der Waals surface area contributed by atoms with E-state index in [1.54, 1.807) is 11.0 Å². The Morgan fingerprint density at radius 2 is 1.89 bits per heavy atom. The summed E-state index contributed by atoms with van der Waals surface area (Å²) in [7, 11) is 1.51. The summed E-state index contributed by atoms with van der Waals surface area (Å²) in [6.45, 7) is 0.369. The molecule has 27 heavy (non-hydrogen) atoms. The highest BCUT2D eigenvalue weighted by Crippen LogP contribution is 2.26. The Morgan fingerprint density at radius 3 is 2.56 bits per heavy atom. The van der Waals surface area contributed by atoms with Gasteiger partial charge in [0, 0.05) is 25.6 Å². The number of amides is 2. The highest BCUT2D eigenvalue weighted by molar-refractivity contribution is 6.01. The second-order valence-electron chi connectivity index (χ2n) is 6.64. The molecule has 0 bridgehead atoms. The maximum atomic E-state index is 13.0. The van der Waals surface area contributed by atoms with Crippen molar-refractivity contribution in [1.29, 1.82) is 0 Å². The molecule has 0 aromatic heterocycles. The van der Waals surface area contributed by atoms with E-state index in [0.29, 0.717) is 18.5 Å². The number of hydrogen-bond donors (Lipinski definition) is 2. The number of rotatable bonds is 8. The van der Waals surface area contributed by atoms with E-state index in [9.17, 15) is 14.7 Å². The second-order valence-corrected chi connectivity index (χ2v) is 6.64. The number of carbonyl (C=O) groups excluding carboxylic acids is 2. The van der Waals surface area contributed by atoms with Crippen LogP contribution in [-0.4, -0.2) is 54.2 Å². The third kappa shape index (κ3) is 4.35. The fourth-order valence-corrected chi connectivity index (χ4v) is 3.35. The van der Waals surface area contributed by atoms with Crippen molar-refractivity contribution in [3.63, 3.8) is 0 Å². The molecule has 2 unspecified atom stereocenters. The predicted molar refractivity (Wildman–Crippen MR) is 101 cm³/mol. The summed E-state index contributed by atoms with van der Waals surface area (Å²) in [6, 6.07) is 15.8. The summed E-state index contributed by atoms with van der Waals surface area (Å²) in [5.41, 5.74) is 2.52. The standard InChI is InChI=1S/C21H24N2O4/c1-27-14-17(13-24)22-20(25)19(11-15-7-3-2-4-8-15)23-12-16-9-5-6-10-18(16)21(23)26/h2-10,17,19,24H,11-14H2,1H3,(H,22,25). The first-order valence-electron chi connectivity index (χ1n) is 8.97. The lowest BCUT2D eigenvalue weighted by Gasteiger charge is -2.28. The van der Waals surface area contributed by atoms with Crippen molar-refractivity contribution in [3.8, 4) is 0 Å². The molecule has 1 aliphatic heterocycles.